The van der Waals surface area contributed by atoms with Crippen LogP contribution in [0, 0.1) is 0 Å². The molecule has 4 heteroatoms. The van der Waals surface area contributed by atoms with Gasteiger partial charge in [-0.1, -0.05) is 18.2 Å². The van der Waals surface area contributed by atoms with Crippen molar-refractivity contribution < 1.29 is 4.79 Å². The van der Waals surface area contributed by atoms with Crippen molar-refractivity contribution in [1.82, 2.24) is 9.55 Å². The molecule has 90 valence electrons. The van der Waals surface area contributed by atoms with Gasteiger partial charge >= 0.3 is 0 Å². The van der Waals surface area contributed by atoms with Gasteiger partial charge in [-0.15, -0.1) is 11.3 Å². The highest BCUT2D eigenvalue weighted by Gasteiger charge is 2.12. The Kier molecular flexibility index (Phi) is 2.52. The largest absolute Gasteiger partial charge is 0.350 e. The maximum absolute atomic E-state index is 11.3. The van der Waals surface area contributed by atoms with Crippen molar-refractivity contribution in [1.29, 1.82) is 0 Å². The fraction of sp³-hybridized carbons (Fsp3) is 0.143. The summed E-state index contributed by atoms with van der Waals surface area (Å²) in [5.41, 5.74) is 3.13. The number of hydrogen-bond acceptors (Lipinski definition) is 3. The van der Waals surface area contributed by atoms with Gasteiger partial charge < -0.3 is 4.57 Å². The number of carbonyl (C=O) groups is 1. The Morgan fingerprint density at radius 1 is 1.33 bits per heavy atom. The minimum Gasteiger partial charge on any atom is -0.350 e. The lowest BCUT2D eigenvalue weighted by molar-refractivity contribution is 0.101. The minimum absolute atomic E-state index is 0.0199. The molecule has 2 heterocycles. The van der Waals surface area contributed by atoms with E-state index in [1.807, 2.05) is 24.6 Å². The van der Waals surface area contributed by atoms with Crippen LogP contribution in [-0.2, 0) is 7.05 Å². The van der Waals surface area contributed by atoms with Crippen LogP contribution in [0.5, 0.6) is 0 Å². The molecule has 3 rings (SSSR count). The van der Waals surface area contributed by atoms with Crippen molar-refractivity contribution >= 4 is 28.0 Å². The van der Waals surface area contributed by atoms with Crippen molar-refractivity contribution in [3.05, 3.63) is 40.8 Å². The minimum atomic E-state index is 0.0199. The van der Waals surface area contributed by atoms with Gasteiger partial charge in [-0.3, -0.25) is 4.79 Å². The summed E-state index contributed by atoms with van der Waals surface area (Å²) in [6.45, 7) is 1.55. The average Bonchev–Trinajstić information content (AvgIpc) is 2.95. The van der Waals surface area contributed by atoms with E-state index in [9.17, 15) is 4.79 Å². The Morgan fingerprint density at radius 2 is 2.11 bits per heavy atom. The molecule has 0 N–H and O–H groups in total. The van der Waals surface area contributed by atoms with Gasteiger partial charge in [0, 0.05) is 42.0 Å². The van der Waals surface area contributed by atoms with E-state index in [2.05, 4.69) is 27.9 Å². The van der Waals surface area contributed by atoms with Crippen LogP contribution >= 0.6 is 11.3 Å². The van der Waals surface area contributed by atoms with Crippen molar-refractivity contribution in [3.63, 3.8) is 0 Å². The number of aromatic nitrogens is 2. The zero-order valence-corrected chi connectivity index (χ0v) is 11.0. The molecule has 0 amide bonds. The molecule has 18 heavy (non-hydrogen) atoms. The molecule has 0 atom stereocenters. The Morgan fingerprint density at radius 3 is 2.83 bits per heavy atom. The van der Waals surface area contributed by atoms with E-state index in [0.29, 0.717) is 5.01 Å². The molecular weight excluding hydrogens is 244 g/mol. The van der Waals surface area contributed by atoms with E-state index >= 15 is 0 Å². The van der Waals surface area contributed by atoms with Crippen LogP contribution in [-0.4, -0.2) is 15.3 Å². The van der Waals surface area contributed by atoms with Gasteiger partial charge in [-0.2, -0.15) is 0 Å². The molecule has 0 unspecified atom stereocenters. The molecule has 0 bridgehead atoms. The van der Waals surface area contributed by atoms with Crippen LogP contribution in [0.1, 0.15) is 16.7 Å². The molecule has 0 radical (unpaired) electrons. The van der Waals surface area contributed by atoms with Gasteiger partial charge in [0.15, 0.2) is 10.8 Å². The first-order valence-corrected chi connectivity index (χ1v) is 6.55. The number of para-hydroxylation sites is 1. The van der Waals surface area contributed by atoms with Gasteiger partial charge in [0.1, 0.15) is 0 Å². The third-order valence-electron chi connectivity index (χ3n) is 2.98. The summed E-state index contributed by atoms with van der Waals surface area (Å²) in [6, 6.07) is 8.20. The first-order valence-electron chi connectivity index (χ1n) is 5.67. The second kappa shape index (κ2) is 4.07. The number of ketones is 1. The number of thiazole rings is 1. The van der Waals surface area contributed by atoms with Gasteiger partial charge in [-0.05, 0) is 6.07 Å². The maximum atomic E-state index is 11.3. The van der Waals surface area contributed by atoms with Gasteiger partial charge in [0.25, 0.3) is 0 Å². The van der Waals surface area contributed by atoms with E-state index in [1.165, 1.54) is 22.2 Å². The molecular formula is C14H12N2OS. The van der Waals surface area contributed by atoms with Crippen molar-refractivity contribution in [2.24, 2.45) is 7.05 Å². The van der Waals surface area contributed by atoms with Gasteiger partial charge in [0.2, 0.25) is 0 Å². The van der Waals surface area contributed by atoms with E-state index < -0.39 is 0 Å². The lowest BCUT2D eigenvalue weighted by Gasteiger charge is -1.94. The number of carbonyl (C=O) groups excluding carboxylic acids is 1. The highest BCUT2D eigenvalue weighted by atomic mass is 32.1. The quantitative estimate of drug-likeness (QED) is 0.658. The highest BCUT2D eigenvalue weighted by Crippen LogP contribution is 2.30. The second-order valence-corrected chi connectivity index (χ2v) is 5.12. The van der Waals surface area contributed by atoms with Crippen LogP contribution in [0.3, 0.4) is 0 Å². The average molecular weight is 256 g/mol. The standard InChI is InChI=1S/C14H12N2OS/c1-9(17)14-15-12(8-18-14)11-7-16(2)13-6-4-3-5-10(11)13/h3-8H,1-2H3. The van der Waals surface area contributed by atoms with Crippen LogP contribution in [0.15, 0.2) is 35.8 Å². The summed E-state index contributed by atoms with van der Waals surface area (Å²) in [5.74, 6) is 0.0199. The lowest BCUT2D eigenvalue weighted by atomic mass is 10.1. The second-order valence-electron chi connectivity index (χ2n) is 4.26. The van der Waals surface area contributed by atoms with Crippen LogP contribution in [0.4, 0.5) is 0 Å². The first kappa shape index (κ1) is 11.2. The van der Waals surface area contributed by atoms with Crippen molar-refractivity contribution in [3.8, 4) is 11.3 Å². The highest BCUT2D eigenvalue weighted by molar-refractivity contribution is 7.12. The van der Waals surface area contributed by atoms with Crippen LogP contribution in [0.2, 0.25) is 0 Å². The number of benzene rings is 1. The predicted molar refractivity (Wildman–Crippen MR) is 74.0 cm³/mol. The zero-order valence-electron chi connectivity index (χ0n) is 10.2. The predicted octanol–water partition coefficient (Wildman–Crippen LogP) is 3.50. The Bertz CT molecular complexity index is 739. The summed E-state index contributed by atoms with van der Waals surface area (Å²) in [6.07, 6.45) is 2.06. The zero-order chi connectivity index (χ0) is 12.7. The smallest absolute Gasteiger partial charge is 0.188 e. The summed E-state index contributed by atoms with van der Waals surface area (Å²) in [4.78, 5) is 15.7. The molecule has 0 spiro atoms. The van der Waals surface area contributed by atoms with Gasteiger partial charge in [0.05, 0.1) is 5.69 Å². The Labute approximate surface area is 109 Å². The number of rotatable bonds is 2. The Balaban J connectivity index is 2.22. The summed E-state index contributed by atoms with van der Waals surface area (Å²) in [5, 5.41) is 3.68. The van der Waals surface area contributed by atoms with Gasteiger partial charge in [-0.25, -0.2) is 4.98 Å². The number of Topliss-reactive ketones (excluding diaryl/α,β-unsaturated/α-hetero) is 1. The normalized spacial score (nSPS) is 11.0. The summed E-state index contributed by atoms with van der Waals surface area (Å²) >= 11 is 1.40. The maximum Gasteiger partial charge on any atom is 0.188 e. The fourth-order valence-electron chi connectivity index (χ4n) is 2.10. The topological polar surface area (TPSA) is 34.9 Å². The van der Waals surface area contributed by atoms with E-state index in [1.54, 1.807) is 6.92 Å². The fourth-order valence-corrected chi connectivity index (χ4v) is 2.82. The molecule has 2 aromatic heterocycles. The van der Waals surface area contributed by atoms with E-state index in [0.717, 1.165) is 11.3 Å². The third-order valence-corrected chi connectivity index (χ3v) is 3.92. The monoisotopic (exact) mass is 256 g/mol. The molecule has 0 aliphatic heterocycles. The number of aryl methyl sites for hydroxylation is 1. The van der Waals surface area contributed by atoms with Crippen LogP contribution in [0.25, 0.3) is 22.2 Å². The number of fused-ring (bicyclic) bond motifs is 1. The number of nitrogens with zero attached hydrogens (tertiary/aromatic N) is 2. The molecule has 0 aliphatic carbocycles. The van der Waals surface area contributed by atoms with E-state index in [-0.39, 0.29) is 5.78 Å². The molecule has 0 saturated carbocycles. The van der Waals surface area contributed by atoms with Crippen LogP contribution < -0.4 is 0 Å². The van der Waals surface area contributed by atoms with Crippen molar-refractivity contribution in [2.45, 2.75) is 6.92 Å². The molecule has 0 fully saturated rings. The summed E-state index contributed by atoms with van der Waals surface area (Å²) < 4.78 is 2.08. The molecule has 0 aliphatic rings. The first-order chi connectivity index (χ1) is 8.66. The SMILES string of the molecule is CC(=O)c1nc(-c2cn(C)c3ccccc23)cs1. The summed E-state index contributed by atoms with van der Waals surface area (Å²) in [7, 11) is 2.02. The molecule has 1 aromatic carbocycles. The number of hydrogen-bond donors (Lipinski definition) is 0. The third kappa shape index (κ3) is 1.66. The Hall–Kier alpha value is -1.94. The molecule has 3 aromatic rings. The van der Waals surface area contributed by atoms with Crippen molar-refractivity contribution in [2.75, 3.05) is 0 Å². The molecule has 3 nitrogen and oxygen atoms in total. The lowest BCUT2D eigenvalue weighted by Crippen LogP contribution is -1.89. The van der Waals surface area contributed by atoms with E-state index in [4.69, 9.17) is 0 Å². The molecule has 0 saturated heterocycles.